The molecule has 31 heavy (non-hydrogen) atoms. The second kappa shape index (κ2) is 10.8. The first-order chi connectivity index (χ1) is 14.9. The highest BCUT2D eigenvalue weighted by atomic mass is 79.9. The van der Waals surface area contributed by atoms with Gasteiger partial charge < -0.3 is 19.9 Å². The Balaban J connectivity index is 1.73. The Kier molecular flexibility index (Phi) is 8.07. The number of halogens is 3. The number of hydrogen-bond acceptors (Lipinski definition) is 4. The Hall–Kier alpha value is -2.41. The van der Waals surface area contributed by atoms with Crippen LogP contribution < -0.4 is 14.8 Å². The number of carboxylic acids is 1. The minimum absolute atomic E-state index is 0.245. The van der Waals surface area contributed by atoms with Gasteiger partial charge in [0.1, 0.15) is 6.61 Å². The molecule has 3 aromatic rings. The molecule has 5 nitrogen and oxygen atoms in total. The van der Waals surface area contributed by atoms with E-state index in [9.17, 15) is 4.79 Å². The molecule has 162 valence electrons. The summed E-state index contributed by atoms with van der Waals surface area (Å²) in [4.78, 5) is 11.0. The molecule has 0 heterocycles. The monoisotopic (exact) mass is 523 g/mol. The van der Waals surface area contributed by atoms with Gasteiger partial charge in [-0.05, 0) is 76.9 Å². The van der Waals surface area contributed by atoms with Crippen molar-refractivity contribution in [2.45, 2.75) is 20.1 Å². The van der Waals surface area contributed by atoms with Crippen molar-refractivity contribution in [1.82, 2.24) is 0 Å². The van der Waals surface area contributed by atoms with Gasteiger partial charge in [0.25, 0.3) is 0 Å². The molecule has 3 aromatic carbocycles. The maximum Gasteiger partial charge on any atom is 0.335 e. The summed E-state index contributed by atoms with van der Waals surface area (Å²) in [6, 6.07) is 15.7. The zero-order chi connectivity index (χ0) is 22.4. The van der Waals surface area contributed by atoms with E-state index in [1.54, 1.807) is 36.4 Å². The van der Waals surface area contributed by atoms with Crippen LogP contribution in [0.2, 0.25) is 10.0 Å². The fourth-order valence-electron chi connectivity index (χ4n) is 2.85. The highest BCUT2D eigenvalue weighted by Crippen LogP contribution is 2.38. The van der Waals surface area contributed by atoms with E-state index in [-0.39, 0.29) is 12.2 Å². The van der Waals surface area contributed by atoms with Crippen LogP contribution in [0.3, 0.4) is 0 Å². The van der Waals surface area contributed by atoms with Crippen LogP contribution in [-0.4, -0.2) is 17.7 Å². The smallest absolute Gasteiger partial charge is 0.335 e. The van der Waals surface area contributed by atoms with Crippen LogP contribution in [0.15, 0.2) is 59.1 Å². The summed E-state index contributed by atoms with van der Waals surface area (Å²) < 4.78 is 12.5. The lowest BCUT2D eigenvalue weighted by Crippen LogP contribution is -2.04. The Morgan fingerprint density at radius 2 is 1.81 bits per heavy atom. The Bertz CT molecular complexity index is 1070. The van der Waals surface area contributed by atoms with E-state index in [1.165, 1.54) is 0 Å². The Morgan fingerprint density at radius 3 is 2.45 bits per heavy atom. The molecule has 0 aliphatic carbocycles. The van der Waals surface area contributed by atoms with Gasteiger partial charge in [-0.1, -0.05) is 29.3 Å². The molecule has 8 heteroatoms. The number of hydrogen-bond donors (Lipinski definition) is 2. The third-order valence-corrected chi connectivity index (χ3v) is 5.56. The highest BCUT2D eigenvalue weighted by Gasteiger charge is 2.14. The molecule has 2 N–H and O–H groups in total. The lowest BCUT2D eigenvalue weighted by atomic mass is 10.1. The Labute approximate surface area is 199 Å². The van der Waals surface area contributed by atoms with E-state index in [0.717, 1.165) is 21.3 Å². The molecule has 3 rings (SSSR count). The lowest BCUT2D eigenvalue weighted by molar-refractivity contribution is 0.0697. The molecule has 0 spiro atoms. The van der Waals surface area contributed by atoms with Crippen molar-refractivity contribution >= 4 is 50.8 Å². The van der Waals surface area contributed by atoms with Gasteiger partial charge >= 0.3 is 5.97 Å². The van der Waals surface area contributed by atoms with Gasteiger partial charge in [-0.2, -0.15) is 0 Å². The van der Waals surface area contributed by atoms with Gasteiger partial charge in [-0.25, -0.2) is 4.79 Å². The van der Waals surface area contributed by atoms with E-state index in [4.69, 9.17) is 37.8 Å². The molecule has 0 fully saturated rings. The maximum absolute atomic E-state index is 11.0. The van der Waals surface area contributed by atoms with Gasteiger partial charge in [-0.3, -0.25) is 0 Å². The first-order valence-corrected chi connectivity index (χ1v) is 11.0. The van der Waals surface area contributed by atoms with Crippen molar-refractivity contribution in [1.29, 1.82) is 0 Å². The molecule has 0 aliphatic rings. The quantitative estimate of drug-likeness (QED) is 0.314. The molecule has 0 aliphatic heterocycles. The molecule has 0 aromatic heterocycles. The van der Waals surface area contributed by atoms with Gasteiger partial charge in [0.05, 0.1) is 16.6 Å². The number of nitrogens with one attached hydrogen (secondary N) is 1. The number of benzene rings is 3. The van der Waals surface area contributed by atoms with Crippen molar-refractivity contribution in [2.75, 3.05) is 11.9 Å². The van der Waals surface area contributed by atoms with Crippen LogP contribution in [-0.2, 0) is 13.2 Å². The van der Waals surface area contributed by atoms with Crippen molar-refractivity contribution < 1.29 is 19.4 Å². The van der Waals surface area contributed by atoms with Crippen LogP contribution in [0.1, 0.15) is 28.4 Å². The van der Waals surface area contributed by atoms with Gasteiger partial charge in [-0.15, -0.1) is 0 Å². The summed E-state index contributed by atoms with van der Waals surface area (Å²) in [5.41, 5.74) is 2.84. The maximum atomic E-state index is 11.0. The third kappa shape index (κ3) is 6.29. The fraction of sp³-hybridized carbons (Fsp3) is 0.174. The zero-order valence-electron chi connectivity index (χ0n) is 16.6. The fourth-order valence-corrected chi connectivity index (χ4v) is 3.92. The average molecular weight is 525 g/mol. The van der Waals surface area contributed by atoms with Crippen molar-refractivity contribution in [3.63, 3.8) is 0 Å². The van der Waals surface area contributed by atoms with Crippen LogP contribution >= 0.6 is 39.1 Å². The van der Waals surface area contributed by atoms with Crippen molar-refractivity contribution in [3.05, 3.63) is 85.8 Å². The number of rotatable bonds is 9. The SMILES string of the molecule is CCOc1cc(CNc2ccc(C(=O)O)cc2)cc(Br)c1OCc1ccc(Cl)cc1Cl. The van der Waals surface area contributed by atoms with Crippen LogP contribution in [0, 0.1) is 0 Å². The standard InChI is InChI=1S/C23H20BrCl2NO4/c1-2-30-21-10-14(12-27-18-7-4-15(5-8-18)23(28)29)9-19(24)22(21)31-13-16-3-6-17(25)11-20(16)26/h3-11,27H,2,12-13H2,1H3,(H,28,29). The number of carbonyl (C=O) groups is 1. The van der Waals surface area contributed by atoms with E-state index in [2.05, 4.69) is 21.2 Å². The summed E-state index contributed by atoms with van der Waals surface area (Å²) >= 11 is 15.8. The van der Waals surface area contributed by atoms with E-state index in [1.807, 2.05) is 25.1 Å². The Morgan fingerprint density at radius 1 is 1.06 bits per heavy atom. The summed E-state index contributed by atoms with van der Waals surface area (Å²) in [6.07, 6.45) is 0. The van der Waals surface area contributed by atoms with Gasteiger partial charge in [0.15, 0.2) is 11.5 Å². The molecule has 0 radical (unpaired) electrons. The topological polar surface area (TPSA) is 67.8 Å². The molecule has 0 unspecified atom stereocenters. The minimum Gasteiger partial charge on any atom is -0.490 e. The van der Waals surface area contributed by atoms with Crippen molar-refractivity contribution in [3.8, 4) is 11.5 Å². The molecule has 0 bridgehead atoms. The number of aromatic carboxylic acids is 1. The van der Waals surface area contributed by atoms with Gasteiger partial charge in [0, 0.05) is 27.8 Å². The molecular formula is C23H20BrCl2NO4. The minimum atomic E-state index is -0.952. The summed E-state index contributed by atoms with van der Waals surface area (Å²) in [6.45, 7) is 3.18. The molecule has 0 saturated carbocycles. The summed E-state index contributed by atoms with van der Waals surface area (Å²) in [5.74, 6) is 0.245. The van der Waals surface area contributed by atoms with E-state index < -0.39 is 5.97 Å². The average Bonchev–Trinajstić information content (AvgIpc) is 2.73. The number of ether oxygens (including phenoxy) is 2. The number of carboxylic acid groups (broad SMARTS) is 1. The first-order valence-electron chi connectivity index (χ1n) is 9.46. The second-order valence-electron chi connectivity index (χ2n) is 6.60. The highest BCUT2D eigenvalue weighted by molar-refractivity contribution is 9.10. The van der Waals surface area contributed by atoms with Crippen molar-refractivity contribution in [2.24, 2.45) is 0 Å². The second-order valence-corrected chi connectivity index (χ2v) is 8.30. The van der Waals surface area contributed by atoms with Gasteiger partial charge in [0.2, 0.25) is 0 Å². The molecule has 0 atom stereocenters. The molecule has 0 amide bonds. The molecular weight excluding hydrogens is 505 g/mol. The largest absolute Gasteiger partial charge is 0.490 e. The predicted octanol–water partition coefficient (Wildman–Crippen LogP) is 7.04. The summed E-state index contributed by atoms with van der Waals surface area (Å²) in [7, 11) is 0. The van der Waals surface area contributed by atoms with Crippen LogP contribution in [0.25, 0.3) is 0 Å². The number of anilines is 1. The van der Waals surface area contributed by atoms with Crippen LogP contribution in [0.5, 0.6) is 11.5 Å². The van der Waals surface area contributed by atoms with E-state index >= 15 is 0 Å². The predicted molar refractivity (Wildman–Crippen MR) is 127 cm³/mol. The normalized spacial score (nSPS) is 10.6. The third-order valence-electron chi connectivity index (χ3n) is 4.38. The lowest BCUT2D eigenvalue weighted by Gasteiger charge is -2.16. The summed E-state index contributed by atoms with van der Waals surface area (Å²) in [5, 5.41) is 13.4. The van der Waals surface area contributed by atoms with E-state index in [0.29, 0.717) is 34.7 Å². The van der Waals surface area contributed by atoms with Crippen LogP contribution in [0.4, 0.5) is 5.69 Å². The molecule has 0 saturated heterocycles. The zero-order valence-corrected chi connectivity index (χ0v) is 19.7. The first kappa shape index (κ1) is 23.3.